The Morgan fingerprint density at radius 2 is 1.76 bits per heavy atom. The van der Waals surface area contributed by atoms with Crippen LogP contribution in [0.4, 0.5) is 11.4 Å². The molecule has 6 heteroatoms. The summed E-state index contributed by atoms with van der Waals surface area (Å²) in [6.45, 7) is 3.53. The van der Waals surface area contributed by atoms with Gasteiger partial charge < -0.3 is 4.90 Å². The van der Waals surface area contributed by atoms with Crippen molar-refractivity contribution in [3.8, 4) is 0 Å². The van der Waals surface area contributed by atoms with Gasteiger partial charge in [-0.25, -0.2) is 8.42 Å². The van der Waals surface area contributed by atoms with Gasteiger partial charge in [-0.05, 0) is 49.1 Å². The number of nitrogens with one attached hydrogen (secondary N) is 1. The second-order valence-corrected chi connectivity index (χ2v) is 7.92. The summed E-state index contributed by atoms with van der Waals surface area (Å²) >= 11 is 0. The predicted octanol–water partition coefficient (Wildman–Crippen LogP) is 3.57. The van der Waals surface area contributed by atoms with Crippen molar-refractivity contribution in [2.75, 3.05) is 9.62 Å². The molecule has 1 fully saturated rings. The third-order valence-corrected chi connectivity index (χ3v) is 5.68. The van der Waals surface area contributed by atoms with Crippen LogP contribution in [0.15, 0.2) is 53.4 Å². The molecule has 0 heterocycles. The number of hydrogen-bond donors (Lipinski definition) is 1. The molecule has 1 aliphatic rings. The molecular weight excluding hydrogens is 336 g/mol. The predicted molar refractivity (Wildman–Crippen MR) is 99.3 cm³/mol. The van der Waals surface area contributed by atoms with Crippen molar-refractivity contribution in [3.05, 3.63) is 54.1 Å². The van der Waals surface area contributed by atoms with Gasteiger partial charge in [-0.1, -0.05) is 31.2 Å². The third kappa shape index (κ3) is 3.85. The SMILES string of the molecule is CCc1ccc(S(=O)(=O)Nc2ccccc2N(C(C)=O)C2CC2)cc1. The molecule has 5 nitrogen and oxygen atoms in total. The summed E-state index contributed by atoms with van der Waals surface area (Å²) in [5.74, 6) is -0.0820. The number of amides is 1. The van der Waals surface area contributed by atoms with E-state index in [4.69, 9.17) is 0 Å². The summed E-state index contributed by atoms with van der Waals surface area (Å²) in [7, 11) is -3.71. The van der Waals surface area contributed by atoms with Crippen molar-refractivity contribution in [3.63, 3.8) is 0 Å². The van der Waals surface area contributed by atoms with E-state index in [0.717, 1.165) is 24.8 Å². The first-order valence-corrected chi connectivity index (χ1v) is 9.91. The second-order valence-electron chi connectivity index (χ2n) is 6.24. The van der Waals surface area contributed by atoms with Crippen LogP contribution in [0, 0.1) is 0 Å². The summed E-state index contributed by atoms with van der Waals surface area (Å²) in [6, 6.07) is 14.0. The van der Waals surface area contributed by atoms with E-state index in [1.165, 1.54) is 6.92 Å². The molecule has 3 rings (SSSR count). The molecule has 1 aliphatic carbocycles. The highest BCUT2D eigenvalue weighted by Crippen LogP contribution is 2.36. The molecule has 0 atom stereocenters. The lowest BCUT2D eigenvalue weighted by Gasteiger charge is -2.24. The van der Waals surface area contributed by atoms with Gasteiger partial charge in [-0.3, -0.25) is 9.52 Å². The number of anilines is 2. The highest BCUT2D eigenvalue weighted by atomic mass is 32.2. The molecule has 1 saturated carbocycles. The Balaban J connectivity index is 1.93. The summed E-state index contributed by atoms with van der Waals surface area (Å²) in [5, 5.41) is 0. The van der Waals surface area contributed by atoms with Gasteiger partial charge in [0.2, 0.25) is 5.91 Å². The number of aryl methyl sites for hydroxylation is 1. The maximum atomic E-state index is 12.7. The minimum atomic E-state index is -3.71. The molecule has 0 unspecified atom stereocenters. The zero-order chi connectivity index (χ0) is 18.0. The van der Waals surface area contributed by atoms with Gasteiger partial charge in [0.1, 0.15) is 0 Å². The Kier molecular flexibility index (Phi) is 4.81. The number of sulfonamides is 1. The molecule has 0 radical (unpaired) electrons. The molecule has 1 N–H and O–H groups in total. The van der Waals surface area contributed by atoms with Gasteiger partial charge in [0.15, 0.2) is 0 Å². The average molecular weight is 358 g/mol. The van der Waals surface area contributed by atoms with Crippen molar-refractivity contribution in [2.45, 2.75) is 44.0 Å². The number of carbonyl (C=O) groups excluding carboxylic acids is 1. The molecule has 2 aromatic rings. The minimum Gasteiger partial charge on any atom is -0.308 e. The van der Waals surface area contributed by atoms with Gasteiger partial charge in [0.25, 0.3) is 10.0 Å². The Morgan fingerprint density at radius 1 is 1.12 bits per heavy atom. The van der Waals surface area contributed by atoms with Crippen LogP contribution in [0.25, 0.3) is 0 Å². The molecule has 0 saturated heterocycles. The average Bonchev–Trinajstić information content (AvgIpc) is 3.41. The Labute approximate surface area is 148 Å². The van der Waals surface area contributed by atoms with E-state index in [-0.39, 0.29) is 16.8 Å². The molecule has 0 bridgehead atoms. The zero-order valence-electron chi connectivity index (χ0n) is 14.4. The second kappa shape index (κ2) is 6.88. The van der Waals surface area contributed by atoms with E-state index in [1.54, 1.807) is 35.2 Å². The van der Waals surface area contributed by atoms with E-state index in [2.05, 4.69) is 4.72 Å². The van der Waals surface area contributed by atoms with Crippen molar-refractivity contribution in [2.24, 2.45) is 0 Å². The minimum absolute atomic E-state index is 0.0820. The highest BCUT2D eigenvalue weighted by Gasteiger charge is 2.33. The number of rotatable bonds is 6. The quantitative estimate of drug-likeness (QED) is 0.858. The number of para-hydroxylation sites is 2. The van der Waals surface area contributed by atoms with E-state index in [9.17, 15) is 13.2 Å². The summed E-state index contributed by atoms with van der Waals surface area (Å²) in [6.07, 6.45) is 2.74. The van der Waals surface area contributed by atoms with Crippen molar-refractivity contribution in [1.82, 2.24) is 0 Å². The number of hydrogen-bond acceptors (Lipinski definition) is 3. The lowest BCUT2D eigenvalue weighted by atomic mass is 10.2. The van der Waals surface area contributed by atoms with Crippen LogP contribution in [0.1, 0.15) is 32.3 Å². The summed E-state index contributed by atoms with van der Waals surface area (Å²) in [4.78, 5) is 13.9. The molecule has 0 spiro atoms. The largest absolute Gasteiger partial charge is 0.308 e. The fraction of sp³-hybridized carbons (Fsp3) is 0.316. The van der Waals surface area contributed by atoms with Gasteiger partial charge >= 0.3 is 0 Å². The van der Waals surface area contributed by atoms with Crippen molar-refractivity contribution in [1.29, 1.82) is 0 Å². The maximum absolute atomic E-state index is 12.7. The maximum Gasteiger partial charge on any atom is 0.261 e. The lowest BCUT2D eigenvalue weighted by molar-refractivity contribution is -0.116. The van der Waals surface area contributed by atoms with E-state index in [0.29, 0.717) is 11.4 Å². The van der Waals surface area contributed by atoms with Crippen LogP contribution < -0.4 is 9.62 Å². The van der Waals surface area contributed by atoms with Gasteiger partial charge in [0.05, 0.1) is 16.3 Å². The zero-order valence-corrected chi connectivity index (χ0v) is 15.2. The first-order valence-electron chi connectivity index (χ1n) is 8.43. The van der Waals surface area contributed by atoms with Crippen LogP contribution in [0.3, 0.4) is 0 Å². The van der Waals surface area contributed by atoms with Crippen molar-refractivity contribution >= 4 is 27.3 Å². The molecule has 25 heavy (non-hydrogen) atoms. The molecule has 132 valence electrons. The van der Waals surface area contributed by atoms with E-state index >= 15 is 0 Å². The fourth-order valence-corrected chi connectivity index (χ4v) is 3.91. The first kappa shape index (κ1) is 17.5. The Morgan fingerprint density at radius 3 is 2.32 bits per heavy atom. The van der Waals surface area contributed by atoms with Crippen molar-refractivity contribution < 1.29 is 13.2 Å². The van der Waals surface area contributed by atoms with Gasteiger partial charge in [0, 0.05) is 13.0 Å². The number of nitrogens with zero attached hydrogens (tertiary/aromatic N) is 1. The van der Waals surface area contributed by atoms with Gasteiger partial charge in [-0.2, -0.15) is 0 Å². The summed E-state index contributed by atoms with van der Waals surface area (Å²) < 4.78 is 28.1. The molecule has 2 aromatic carbocycles. The van der Waals surface area contributed by atoms with Gasteiger partial charge in [-0.15, -0.1) is 0 Å². The topological polar surface area (TPSA) is 66.5 Å². The van der Waals surface area contributed by atoms with Crippen LogP contribution in [0.5, 0.6) is 0 Å². The first-order chi connectivity index (χ1) is 11.9. The smallest absolute Gasteiger partial charge is 0.261 e. The molecule has 1 amide bonds. The van der Waals surface area contributed by atoms with Crippen LogP contribution in [0.2, 0.25) is 0 Å². The van der Waals surface area contributed by atoms with Crippen LogP contribution >= 0.6 is 0 Å². The molecular formula is C19H22N2O3S. The summed E-state index contributed by atoms with van der Waals surface area (Å²) in [5.41, 5.74) is 2.10. The monoisotopic (exact) mass is 358 g/mol. The Hall–Kier alpha value is -2.34. The van der Waals surface area contributed by atoms with Crippen LogP contribution in [-0.4, -0.2) is 20.4 Å². The number of carbonyl (C=O) groups is 1. The highest BCUT2D eigenvalue weighted by molar-refractivity contribution is 7.92. The standard InChI is InChI=1S/C19H22N2O3S/c1-3-15-8-12-17(13-9-15)25(23,24)20-18-6-4-5-7-19(18)21(14(2)22)16-10-11-16/h4-9,12-13,16,20H,3,10-11H2,1-2H3. The molecule has 0 aliphatic heterocycles. The van der Waals surface area contributed by atoms with E-state index < -0.39 is 10.0 Å². The van der Waals surface area contributed by atoms with E-state index in [1.807, 2.05) is 25.1 Å². The normalized spacial score (nSPS) is 14.2. The lowest BCUT2D eigenvalue weighted by Crippen LogP contribution is -2.31. The Bertz CT molecular complexity index is 872. The fourth-order valence-electron chi connectivity index (χ4n) is 2.83. The third-order valence-electron chi connectivity index (χ3n) is 4.30. The van der Waals surface area contributed by atoms with Crippen LogP contribution in [-0.2, 0) is 21.2 Å². The molecule has 0 aromatic heterocycles. The number of benzene rings is 2.